The normalized spacial score (nSPS) is 13.7. The van der Waals surface area contributed by atoms with Crippen molar-refractivity contribution in [1.82, 2.24) is 0 Å². The Morgan fingerprint density at radius 2 is 1.53 bits per heavy atom. The van der Waals surface area contributed by atoms with Crippen LogP contribution in [0.4, 0.5) is 0 Å². The summed E-state index contributed by atoms with van der Waals surface area (Å²) in [4.78, 5) is 0. The highest BCUT2D eigenvalue weighted by Gasteiger charge is 2.23. The smallest absolute Gasteiger partial charge is 0.146 e. The highest BCUT2D eigenvalue weighted by Crippen LogP contribution is 2.33. The Hall–Kier alpha value is -0.0800. The molecule has 0 bridgehead atoms. The standard InChI is InChI=1S/C17H36O2/c1-6-7-8-9-10-11-12-16(17(2,3)4)13-14-19-15-18-5/h16H,6-15H2,1-5H3. The van der Waals surface area contributed by atoms with Crippen LogP contribution in [0.5, 0.6) is 0 Å². The van der Waals surface area contributed by atoms with Crippen LogP contribution in [0.2, 0.25) is 0 Å². The molecule has 0 rings (SSSR count). The number of methoxy groups -OCH3 is 1. The molecule has 0 spiro atoms. The van der Waals surface area contributed by atoms with Crippen LogP contribution in [-0.2, 0) is 9.47 Å². The second-order valence-electron chi connectivity index (χ2n) is 6.72. The number of unbranched alkanes of at least 4 members (excludes halogenated alkanes) is 5. The van der Waals surface area contributed by atoms with E-state index in [1.54, 1.807) is 7.11 Å². The zero-order chi connectivity index (χ0) is 14.6. The fraction of sp³-hybridized carbons (Fsp3) is 1.00. The van der Waals surface area contributed by atoms with E-state index in [1.807, 2.05) is 0 Å². The highest BCUT2D eigenvalue weighted by atomic mass is 16.7. The minimum Gasteiger partial charge on any atom is -0.359 e. The molecule has 0 aromatic heterocycles. The van der Waals surface area contributed by atoms with E-state index >= 15 is 0 Å². The maximum absolute atomic E-state index is 5.45. The summed E-state index contributed by atoms with van der Waals surface area (Å²) >= 11 is 0. The van der Waals surface area contributed by atoms with Crippen molar-refractivity contribution >= 4 is 0 Å². The molecule has 2 heteroatoms. The molecule has 116 valence electrons. The molecule has 0 saturated heterocycles. The van der Waals surface area contributed by atoms with Crippen molar-refractivity contribution < 1.29 is 9.47 Å². The molecule has 0 fully saturated rings. The third kappa shape index (κ3) is 11.4. The van der Waals surface area contributed by atoms with Crippen molar-refractivity contribution in [3.63, 3.8) is 0 Å². The van der Waals surface area contributed by atoms with Crippen molar-refractivity contribution in [2.45, 2.75) is 79.1 Å². The van der Waals surface area contributed by atoms with Gasteiger partial charge in [0.2, 0.25) is 0 Å². The second kappa shape index (κ2) is 11.7. The van der Waals surface area contributed by atoms with Crippen LogP contribution >= 0.6 is 0 Å². The molecule has 19 heavy (non-hydrogen) atoms. The summed E-state index contributed by atoms with van der Waals surface area (Å²) in [5.41, 5.74) is 0.389. The van der Waals surface area contributed by atoms with Crippen LogP contribution in [0.1, 0.15) is 79.1 Å². The SMILES string of the molecule is CCCCCCCCC(CCOCOC)C(C)(C)C. The van der Waals surface area contributed by atoms with Gasteiger partial charge < -0.3 is 9.47 Å². The summed E-state index contributed by atoms with van der Waals surface area (Å²) in [5.74, 6) is 0.760. The summed E-state index contributed by atoms with van der Waals surface area (Å²) in [7, 11) is 1.68. The van der Waals surface area contributed by atoms with Gasteiger partial charge in [-0.3, -0.25) is 0 Å². The predicted octanol–water partition coefficient (Wildman–Crippen LogP) is 5.41. The number of rotatable bonds is 12. The second-order valence-corrected chi connectivity index (χ2v) is 6.72. The topological polar surface area (TPSA) is 18.5 Å². The number of hydrogen-bond donors (Lipinski definition) is 0. The van der Waals surface area contributed by atoms with Gasteiger partial charge in [-0.2, -0.15) is 0 Å². The monoisotopic (exact) mass is 272 g/mol. The lowest BCUT2D eigenvalue weighted by Gasteiger charge is -2.31. The van der Waals surface area contributed by atoms with Crippen LogP contribution in [-0.4, -0.2) is 20.5 Å². The van der Waals surface area contributed by atoms with Crippen LogP contribution in [0.3, 0.4) is 0 Å². The van der Waals surface area contributed by atoms with Gasteiger partial charge in [-0.25, -0.2) is 0 Å². The first-order chi connectivity index (χ1) is 9.02. The van der Waals surface area contributed by atoms with Crippen molar-refractivity contribution in [1.29, 1.82) is 0 Å². The molecule has 1 atom stereocenters. The first kappa shape index (κ1) is 18.9. The van der Waals surface area contributed by atoms with Crippen molar-refractivity contribution in [2.24, 2.45) is 11.3 Å². The molecule has 0 heterocycles. The molecule has 0 aliphatic rings. The van der Waals surface area contributed by atoms with Gasteiger partial charge in [0.1, 0.15) is 6.79 Å². The fourth-order valence-electron chi connectivity index (χ4n) is 2.55. The molecule has 0 amide bonds. The van der Waals surface area contributed by atoms with Crippen molar-refractivity contribution in [3.8, 4) is 0 Å². The number of ether oxygens (including phenoxy) is 2. The summed E-state index contributed by atoms with van der Waals surface area (Å²) < 4.78 is 10.4. The van der Waals surface area contributed by atoms with Crippen molar-refractivity contribution in [2.75, 3.05) is 20.5 Å². The fourth-order valence-corrected chi connectivity index (χ4v) is 2.55. The molecule has 0 aliphatic carbocycles. The van der Waals surface area contributed by atoms with Gasteiger partial charge >= 0.3 is 0 Å². The van der Waals surface area contributed by atoms with E-state index in [0.29, 0.717) is 12.2 Å². The third-order valence-electron chi connectivity index (χ3n) is 3.94. The minimum atomic E-state index is 0.389. The zero-order valence-electron chi connectivity index (χ0n) is 14.0. The lowest BCUT2D eigenvalue weighted by molar-refractivity contribution is -0.0388. The summed E-state index contributed by atoms with van der Waals surface area (Å²) in [6, 6.07) is 0. The zero-order valence-corrected chi connectivity index (χ0v) is 14.0. The van der Waals surface area contributed by atoms with Crippen molar-refractivity contribution in [3.05, 3.63) is 0 Å². The van der Waals surface area contributed by atoms with Crippen LogP contribution in [0, 0.1) is 11.3 Å². The summed E-state index contributed by atoms with van der Waals surface area (Å²) in [6.45, 7) is 10.6. The Morgan fingerprint density at radius 1 is 0.895 bits per heavy atom. The van der Waals surface area contributed by atoms with E-state index in [9.17, 15) is 0 Å². The van der Waals surface area contributed by atoms with Gasteiger partial charge in [-0.1, -0.05) is 66.2 Å². The van der Waals surface area contributed by atoms with Crippen LogP contribution in [0.25, 0.3) is 0 Å². The lowest BCUT2D eigenvalue weighted by Crippen LogP contribution is -2.22. The highest BCUT2D eigenvalue weighted by molar-refractivity contribution is 4.74. The molecule has 0 saturated carbocycles. The minimum absolute atomic E-state index is 0.389. The molecular weight excluding hydrogens is 236 g/mol. The molecule has 0 aromatic rings. The summed E-state index contributed by atoms with van der Waals surface area (Å²) in [6.07, 6.45) is 10.8. The first-order valence-corrected chi connectivity index (χ1v) is 8.09. The average molecular weight is 272 g/mol. The Morgan fingerprint density at radius 3 is 2.11 bits per heavy atom. The van der Waals surface area contributed by atoms with E-state index in [0.717, 1.165) is 18.9 Å². The van der Waals surface area contributed by atoms with E-state index in [4.69, 9.17) is 9.47 Å². The van der Waals surface area contributed by atoms with Gasteiger partial charge in [-0.15, -0.1) is 0 Å². The van der Waals surface area contributed by atoms with E-state index in [2.05, 4.69) is 27.7 Å². The Bertz CT molecular complexity index is 184. The van der Waals surface area contributed by atoms with E-state index in [1.165, 1.54) is 44.9 Å². The van der Waals surface area contributed by atoms with Gasteiger partial charge in [0.15, 0.2) is 0 Å². The van der Waals surface area contributed by atoms with E-state index < -0.39 is 0 Å². The number of hydrogen-bond acceptors (Lipinski definition) is 2. The van der Waals surface area contributed by atoms with E-state index in [-0.39, 0.29) is 0 Å². The quantitative estimate of drug-likeness (QED) is 0.349. The van der Waals surface area contributed by atoms with Gasteiger partial charge in [-0.05, 0) is 24.2 Å². The molecule has 0 N–H and O–H groups in total. The molecule has 0 radical (unpaired) electrons. The maximum atomic E-state index is 5.45. The van der Waals surface area contributed by atoms with Gasteiger partial charge in [0.25, 0.3) is 0 Å². The molecule has 2 nitrogen and oxygen atoms in total. The molecule has 1 unspecified atom stereocenters. The first-order valence-electron chi connectivity index (χ1n) is 8.09. The molecular formula is C17H36O2. The Kier molecular flexibility index (Phi) is 11.7. The lowest BCUT2D eigenvalue weighted by atomic mass is 9.76. The largest absolute Gasteiger partial charge is 0.359 e. The predicted molar refractivity (Wildman–Crippen MR) is 83.4 cm³/mol. The molecule has 0 aliphatic heterocycles. The Balaban J connectivity index is 3.75. The van der Waals surface area contributed by atoms with Crippen LogP contribution < -0.4 is 0 Å². The maximum Gasteiger partial charge on any atom is 0.146 e. The van der Waals surface area contributed by atoms with Gasteiger partial charge in [0.05, 0.1) is 0 Å². The molecule has 0 aromatic carbocycles. The van der Waals surface area contributed by atoms with Gasteiger partial charge in [0, 0.05) is 13.7 Å². The summed E-state index contributed by atoms with van der Waals surface area (Å²) in [5, 5.41) is 0. The Labute approximate surface area is 121 Å². The average Bonchev–Trinajstić information content (AvgIpc) is 2.34. The third-order valence-corrected chi connectivity index (χ3v) is 3.94. The van der Waals surface area contributed by atoms with Crippen LogP contribution in [0.15, 0.2) is 0 Å².